The maximum atomic E-state index is 14.6. The van der Waals surface area contributed by atoms with Crippen LogP contribution >= 0.6 is 0 Å². The molecule has 3 aromatic rings. The summed E-state index contributed by atoms with van der Waals surface area (Å²) >= 11 is 0. The highest BCUT2D eigenvalue weighted by Crippen LogP contribution is 2.27. The monoisotopic (exact) mass is 406 g/mol. The number of pyridine rings is 2. The van der Waals surface area contributed by atoms with E-state index in [1.807, 2.05) is 24.4 Å². The highest BCUT2D eigenvalue weighted by atomic mass is 19.1. The van der Waals surface area contributed by atoms with Crippen LogP contribution in [-0.4, -0.2) is 50.0 Å². The number of nitrogens with one attached hydrogen (secondary N) is 2. The molecule has 4 heterocycles. The van der Waals surface area contributed by atoms with Crippen LogP contribution in [0.2, 0.25) is 0 Å². The Balaban J connectivity index is 1.22. The van der Waals surface area contributed by atoms with Crippen LogP contribution < -0.4 is 10.6 Å². The largest absolute Gasteiger partial charge is 0.365 e. The highest BCUT2D eigenvalue weighted by molar-refractivity contribution is 6.21. The summed E-state index contributed by atoms with van der Waals surface area (Å²) in [7, 11) is 0. The zero-order valence-electron chi connectivity index (χ0n) is 15.9. The molecule has 9 nitrogen and oxygen atoms in total. The first kappa shape index (κ1) is 18.3. The molecule has 2 N–H and O–H groups in total. The number of halogens is 1. The van der Waals surface area contributed by atoms with E-state index < -0.39 is 17.8 Å². The number of aromatic nitrogens is 4. The second kappa shape index (κ2) is 7.62. The molecule has 1 aliphatic carbocycles. The van der Waals surface area contributed by atoms with Crippen molar-refractivity contribution in [2.45, 2.75) is 37.4 Å². The fraction of sp³-hybridized carbons (Fsp3) is 0.300. The summed E-state index contributed by atoms with van der Waals surface area (Å²) in [6.45, 7) is 0. The smallest absolute Gasteiger partial charge is 0.275 e. The van der Waals surface area contributed by atoms with Gasteiger partial charge in [0.25, 0.3) is 5.91 Å². The van der Waals surface area contributed by atoms with E-state index >= 15 is 0 Å². The topological polar surface area (TPSA) is 109 Å². The van der Waals surface area contributed by atoms with E-state index in [-0.39, 0.29) is 17.9 Å². The predicted molar refractivity (Wildman–Crippen MR) is 111 cm³/mol. The minimum atomic E-state index is -0.830. The Kier molecular flexibility index (Phi) is 4.66. The van der Waals surface area contributed by atoms with Gasteiger partial charge in [-0.1, -0.05) is 6.07 Å². The Morgan fingerprint density at radius 3 is 2.80 bits per heavy atom. The van der Waals surface area contributed by atoms with E-state index in [0.29, 0.717) is 11.5 Å². The number of carbonyl (C=O) groups excluding carboxylic acids is 1. The number of anilines is 2. The minimum absolute atomic E-state index is 0.0753. The van der Waals surface area contributed by atoms with Gasteiger partial charge >= 0.3 is 0 Å². The molecule has 2 aliphatic rings. The molecule has 30 heavy (non-hydrogen) atoms. The SMILES string of the molecule is O=C1N=CC=NC1c1cnc(N[C@H]2CC[C@H](Nc3nc4ccccn4n3)C2)c(F)c1. The molecule has 1 amide bonds. The summed E-state index contributed by atoms with van der Waals surface area (Å²) in [5, 5.41) is 10.9. The average molecular weight is 406 g/mol. The van der Waals surface area contributed by atoms with Gasteiger partial charge in [-0.15, -0.1) is 5.10 Å². The van der Waals surface area contributed by atoms with Crippen molar-refractivity contribution in [1.29, 1.82) is 0 Å². The molecule has 1 saturated carbocycles. The molecule has 10 heteroatoms. The van der Waals surface area contributed by atoms with E-state index in [2.05, 4.69) is 35.7 Å². The number of hydrogen-bond acceptors (Lipinski definition) is 7. The van der Waals surface area contributed by atoms with Gasteiger partial charge < -0.3 is 10.6 Å². The fourth-order valence-electron chi connectivity index (χ4n) is 3.82. The van der Waals surface area contributed by atoms with E-state index in [4.69, 9.17) is 0 Å². The standard InChI is InChI=1S/C20H19FN8O/c21-15-9-12(17-19(30)23-7-6-22-17)11-24-18(15)25-13-4-5-14(10-13)26-20-27-16-3-1-2-8-29(16)28-20/h1-3,6-9,11,13-14,17H,4-5,10H2,(H,24,25)(H,26,28)/t13-,14-,17?/m0/s1. The van der Waals surface area contributed by atoms with Crippen LogP contribution in [0.15, 0.2) is 46.6 Å². The lowest BCUT2D eigenvalue weighted by Crippen LogP contribution is -2.22. The number of fused-ring (bicyclic) bond motifs is 1. The molecule has 1 fully saturated rings. The van der Waals surface area contributed by atoms with Crippen molar-refractivity contribution < 1.29 is 9.18 Å². The summed E-state index contributed by atoms with van der Waals surface area (Å²) in [6.07, 6.45) is 8.65. The molecule has 5 rings (SSSR count). The number of aliphatic imine (C=N–C) groups is 2. The number of carbonyl (C=O) groups is 1. The number of amides is 1. The molecule has 3 aromatic heterocycles. The Morgan fingerprint density at radius 2 is 2.00 bits per heavy atom. The quantitative estimate of drug-likeness (QED) is 0.674. The van der Waals surface area contributed by atoms with Crippen LogP contribution in [-0.2, 0) is 4.79 Å². The molecule has 0 saturated heterocycles. The summed E-state index contributed by atoms with van der Waals surface area (Å²) in [5.74, 6) is -0.181. The Labute approximate surface area is 171 Å². The third kappa shape index (κ3) is 3.63. The van der Waals surface area contributed by atoms with Crippen molar-refractivity contribution in [3.63, 3.8) is 0 Å². The first-order valence-corrected chi connectivity index (χ1v) is 9.75. The summed E-state index contributed by atoms with van der Waals surface area (Å²) in [5.41, 5.74) is 1.17. The van der Waals surface area contributed by atoms with Crippen LogP contribution in [0.25, 0.3) is 5.65 Å². The van der Waals surface area contributed by atoms with Gasteiger partial charge in [0, 0.05) is 42.5 Å². The molecular formula is C20H19FN8O. The van der Waals surface area contributed by atoms with E-state index in [1.54, 1.807) is 4.52 Å². The van der Waals surface area contributed by atoms with Gasteiger partial charge in [0.05, 0.1) is 0 Å². The molecular weight excluding hydrogens is 387 g/mol. The third-order valence-corrected chi connectivity index (χ3v) is 5.26. The van der Waals surface area contributed by atoms with Crippen molar-refractivity contribution in [2.75, 3.05) is 10.6 Å². The van der Waals surface area contributed by atoms with Gasteiger partial charge in [-0.3, -0.25) is 9.79 Å². The first-order chi connectivity index (χ1) is 14.7. The second-order valence-corrected chi connectivity index (χ2v) is 7.35. The molecule has 1 aliphatic heterocycles. The predicted octanol–water partition coefficient (Wildman–Crippen LogP) is 2.43. The van der Waals surface area contributed by atoms with Crippen molar-refractivity contribution in [1.82, 2.24) is 19.6 Å². The highest BCUT2D eigenvalue weighted by Gasteiger charge is 2.27. The van der Waals surface area contributed by atoms with Crippen molar-refractivity contribution in [2.24, 2.45) is 9.98 Å². The van der Waals surface area contributed by atoms with Crippen LogP contribution in [0.4, 0.5) is 16.2 Å². The van der Waals surface area contributed by atoms with E-state index in [1.165, 1.54) is 24.7 Å². The van der Waals surface area contributed by atoms with Crippen LogP contribution in [0.1, 0.15) is 30.9 Å². The van der Waals surface area contributed by atoms with Gasteiger partial charge in [0.15, 0.2) is 23.3 Å². The summed E-state index contributed by atoms with van der Waals surface area (Å²) in [4.78, 5) is 28.2. The fourth-order valence-corrected chi connectivity index (χ4v) is 3.82. The lowest BCUT2D eigenvalue weighted by atomic mass is 10.1. The minimum Gasteiger partial charge on any atom is -0.365 e. The van der Waals surface area contributed by atoms with Gasteiger partial charge in [0.2, 0.25) is 5.95 Å². The molecule has 0 spiro atoms. The molecule has 152 valence electrons. The van der Waals surface area contributed by atoms with Crippen LogP contribution in [0, 0.1) is 5.82 Å². The van der Waals surface area contributed by atoms with E-state index in [9.17, 15) is 9.18 Å². The third-order valence-electron chi connectivity index (χ3n) is 5.26. The number of nitrogens with zero attached hydrogens (tertiary/aromatic N) is 6. The van der Waals surface area contributed by atoms with E-state index in [0.717, 1.165) is 24.9 Å². The summed E-state index contributed by atoms with van der Waals surface area (Å²) < 4.78 is 16.3. The molecule has 3 atom stereocenters. The molecule has 0 aromatic carbocycles. The first-order valence-electron chi connectivity index (χ1n) is 9.75. The van der Waals surface area contributed by atoms with Crippen molar-refractivity contribution in [3.05, 3.63) is 48.0 Å². The Morgan fingerprint density at radius 1 is 1.13 bits per heavy atom. The molecule has 1 unspecified atom stereocenters. The molecule has 0 bridgehead atoms. The Hall–Kier alpha value is -3.69. The maximum absolute atomic E-state index is 14.6. The second-order valence-electron chi connectivity index (χ2n) is 7.35. The summed E-state index contributed by atoms with van der Waals surface area (Å²) in [6, 6.07) is 6.44. The average Bonchev–Trinajstić information content (AvgIpc) is 3.36. The maximum Gasteiger partial charge on any atom is 0.275 e. The Bertz CT molecular complexity index is 1120. The lowest BCUT2D eigenvalue weighted by Gasteiger charge is -2.16. The van der Waals surface area contributed by atoms with Crippen LogP contribution in [0.5, 0.6) is 0 Å². The lowest BCUT2D eigenvalue weighted by molar-refractivity contribution is -0.119. The van der Waals surface area contributed by atoms with Gasteiger partial charge in [-0.05, 0) is 37.5 Å². The van der Waals surface area contributed by atoms with Gasteiger partial charge in [-0.2, -0.15) is 4.98 Å². The van der Waals surface area contributed by atoms with Gasteiger partial charge in [0.1, 0.15) is 0 Å². The molecule has 0 radical (unpaired) electrons. The normalized spacial score (nSPS) is 23.2. The van der Waals surface area contributed by atoms with Crippen LogP contribution in [0.3, 0.4) is 0 Å². The number of rotatable bonds is 5. The number of hydrogen-bond donors (Lipinski definition) is 2. The van der Waals surface area contributed by atoms with Crippen molar-refractivity contribution in [3.8, 4) is 0 Å². The zero-order chi connectivity index (χ0) is 20.5. The zero-order valence-corrected chi connectivity index (χ0v) is 15.9. The van der Waals surface area contributed by atoms with Crippen molar-refractivity contribution >= 4 is 35.7 Å². The van der Waals surface area contributed by atoms with Gasteiger partial charge in [-0.25, -0.2) is 18.9 Å².